The van der Waals surface area contributed by atoms with Crippen LogP contribution in [0.2, 0.25) is 5.02 Å². The molecule has 0 radical (unpaired) electrons. The largest absolute Gasteiger partial charge is 0.497 e. The smallest absolute Gasteiger partial charge is 0.119 e. The van der Waals surface area contributed by atoms with Crippen molar-refractivity contribution >= 4 is 23.4 Å². The molecule has 2 atom stereocenters. The molecule has 2 aromatic rings. The standard InChI is InChI=1S/C16H19ClN2OS/c1-3-14(18)16(11-5-4-6-13(9-11)20-2)21-15-8-7-12(17)10-19-15/h4-10,14,16H,3,18H2,1-2H3. The van der Waals surface area contributed by atoms with Gasteiger partial charge in [-0.25, -0.2) is 4.98 Å². The van der Waals surface area contributed by atoms with E-state index in [2.05, 4.69) is 18.0 Å². The van der Waals surface area contributed by atoms with Crippen molar-refractivity contribution in [2.75, 3.05) is 7.11 Å². The molecule has 112 valence electrons. The minimum absolute atomic E-state index is 0.0413. The Bertz CT molecular complexity index is 577. The summed E-state index contributed by atoms with van der Waals surface area (Å²) in [6.07, 6.45) is 2.55. The van der Waals surface area contributed by atoms with Crippen LogP contribution in [0.3, 0.4) is 0 Å². The minimum atomic E-state index is 0.0413. The number of methoxy groups -OCH3 is 1. The molecule has 0 aliphatic rings. The number of pyridine rings is 1. The monoisotopic (exact) mass is 322 g/mol. The second-order valence-corrected chi connectivity index (χ2v) is 6.30. The molecular formula is C16H19ClN2OS. The number of nitrogens with zero attached hydrogens (tertiary/aromatic N) is 1. The average Bonchev–Trinajstić information content (AvgIpc) is 2.53. The maximum Gasteiger partial charge on any atom is 0.119 e. The molecule has 0 amide bonds. The SMILES string of the molecule is CCC(N)C(Sc1ccc(Cl)cn1)c1cccc(OC)c1. The molecule has 5 heteroatoms. The first kappa shape index (κ1) is 16.1. The van der Waals surface area contributed by atoms with Crippen molar-refractivity contribution in [3.05, 3.63) is 53.2 Å². The zero-order valence-electron chi connectivity index (χ0n) is 12.1. The third-order valence-corrected chi connectivity index (χ3v) is 4.81. The number of nitrogens with two attached hydrogens (primary N) is 1. The van der Waals surface area contributed by atoms with Crippen molar-refractivity contribution in [2.24, 2.45) is 5.73 Å². The van der Waals surface area contributed by atoms with Crippen molar-refractivity contribution in [3.63, 3.8) is 0 Å². The Morgan fingerprint density at radius 2 is 2.14 bits per heavy atom. The van der Waals surface area contributed by atoms with Gasteiger partial charge in [0, 0.05) is 12.2 Å². The predicted molar refractivity (Wildman–Crippen MR) is 89.1 cm³/mol. The van der Waals surface area contributed by atoms with Crippen LogP contribution in [0.15, 0.2) is 47.6 Å². The highest BCUT2D eigenvalue weighted by atomic mass is 35.5. The van der Waals surface area contributed by atoms with Gasteiger partial charge in [-0.2, -0.15) is 0 Å². The lowest BCUT2D eigenvalue weighted by atomic mass is 10.0. The molecule has 0 fully saturated rings. The van der Waals surface area contributed by atoms with E-state index in [9.17, 15) is 0 Å². The summed E-state index contributed by atoms with van der Waals surface area (Å²) in [5.41, 5.74) is 7.45. The van der Waals surface area contributed by atoms with Gasteiger partial charge in [0.2, 0.25) is 0 Å². The summed E-state index contributed by atoms with van der Waals surface area (Å²) < 4.78 is 5.30. The first-order valence-corrected chi connectivity index (χ1v) is 8.07. The van der Waals surface area contributed by atoms with E-state index in [1.807, 2.05) is 30.3 Å². The van der Waals surface area contributed by atoms with E-state index in [1.165, 1.54) is 0 Å². The van der Waals surface area contributed by atoms with Crippen LogP contribution in [0.4, 0.5) is 0 Å². The van der Waals surface area contributed by atoms with E-state index >= 15 is 0 Å². The number of thioether (sulfide) groups is 1. The van der Waals surface area contributed by atoms with Crippen LogP contribution in [-0.2, 0) is 0 Å². The highest BCUT2D eigenvalue weighted by Crippen LogP contribution is 2.38. The molecule has 1 aromatic carbocycles. The Kier molecular flexibility index (Phi) is 5.91. The molecule has 1 heterocycles. The third-order valence-electron chi connectivity index (χ3n) is 3.23. The first-order chi connectivity index (χ1) is 10.1. The number of rotatable bonds is 6. The molecule has 0 bridgehead atoms. The number of aromatic nitrogens is 1. The fourth-order valence-corrected chi connectivity index (χ4v) is 3.28. The normalized spacial score (nSPS) is 13.7. The van der Waals surface area contributed by atoms with Gasteiger partial charge in [0.1, 0.15) is 5.75 Å². The van der Waals surface area contributed by atoms with Crippen molar-refractivity contribution in [3.8, 4) is 5.75 Å². The van der Waals surface area contributed by atoms with Gasteiger partial charge in [0.25, 0.3) is 0 Å². The first-order valence-electron chi connectivity index (χ1n) is 6.81. The lowest BCUT2D eigenvalue weighted by Crippen LogP contribution is -2.25. The van der Waals surface area contributed by atoms with Crippen molar-refractivity contribution in [2.45, 2.75) is 29.7 Å². The second kappa shape index (κ2) is 7.69. The maximum absolute atomic E-state index is 6.30. The fourth-order valence-electron chi connectivity index (χ4n) is 2.00. The Labute approximate surface area is 134 Å². The van der Waals surface area contributed by atoms with Crippen LogP contribution < -0.4 is 10.5 Å². The summed E-state index contributed by atoms with van der Waals surface area (Å²) >= 11 is 7.53. The number of hydrogen-bond donors (Lipinski definition) is 1. The lowest BCUT2D eigenvalue weighted by Gasteiger charge is -2.23. The lowest BCUT2D eigenvalue weighted by molar-refractivity contribution is 0.414. The van der Waals surface area contributed by atoms with Gasteiger partial charge < -0.3 is 10.5 Å². The Balaban J connectivity index is 2.27. The zero-order chi connectivity index (χ0) is 15.2. The third kappa shape index (κ3) is 4.37. The van der Waals surface area contributed by atoms with Gasteiger partial charge in [-0.05, 0) is 36.2 Å². The van der Waals surface area contributed by atoms with E-state index in [-0.39, 0.29) is 11.3 Å². The molecule has 3 nitrogen and oxygen atoms in total. The molecule has 0 spiro atoms. The molecule has 2 N–H and O–H groups in total. The van der Waals surface area contributed by atoms with Crippen LogP contribution in [0, 0.1) is 0 Å². The summed E-state index contributed by atoms with van der Waals surface area (Å²) in [6, 6.07) is 11.8. The van der Waals surface area contributed by atoms with Gasteiger partial charge in [0.15, 0.2) is 0 Å². The van der Waals surface area contributed by atoms with Crippen LogP contribution in [0.5, 0.6) is 5.75 Å². The number of hydrogen-bond acceptors (Lipinski definition) is 4. The second-order valence-electron chi connectivity index (χ2n) is 4.70. The average molecular weight is 323 g/mol. The van der Waals surface area contributed by atoms with E-state index < -0.39 is 0 Å². The Morgan fingerprint density at radius 3 is 2.76 bits per heavy atom. The number of benzene rings is 1. The molecule has 2 unspecified atom stereocenters. The molecule has 0 saturated heterocycles. The molecule has 2 rings (SSSR count). The molecule has 0 aliphatic carbocycles. The maximum atomic E-state index is 6.30. The van der Waals surface area contributed by atoms with E-state index in [4.69, 9.17) is 22.1 Å². The minimum Gasteiger partial charge on any atom is -0.497 e. The molecule has 21 heavy (non-hydrogen) atoms. The van der Waals surface area contributed by atoms with Crippen LogP contribution in [-0.4, -0.2) is 18.1 Å². The van der Waals surface area contributed by atoms with E-state index in [0.717, 1.165) is 22.8 Å². The summed E-state index contributed by atoms with van der Waals surface area (Å²) in [7, 11) is 1.67. The predicted octanol–water partition coefficient (Wildman–Crippen LogP) is 4.31. The van der Waals surface area contributed by atoms with E-state index in [1.54, 1.807) is 25.1 Å². The van der Waals surface area contributed by atoms with Gasteiger partial charge in [0.05, 0.1) is 22.4 Å². The van der Waals surface area contributed by atoms with E-state index in [0.29, 0.717) is 5.02 Å². The van der Waals surface area contributed by atoms with Crippen LogP contribution in [0.25, 0.3) is 0 Å². The zero-order valence-corrected chi connectivity index (χ0v) is 13.7. The highest BCUT2D eigenvalue weighted by molar-refractivity contribution is 7.99. The summed E-state index contributed by atoms with van der Waals surface area (Å²) in [5.74, 6) is 0.838. The highest BCUT2D eigenvalue weighted by Gasteiger charge is 2.21. The van der Waals surface area contributed by atoms with Crippen molar-refractivity contribution in [1.29, 1.82) is 0 Å². The van der Waals surface area contributed by atoms with Gasteiger partial charge in [-0.1, -0.05) is 42.4 Å². The fraction of sp³-hybridized carbons (Fsp3) is 0.312. The van der Waals surface area contributed by atoms with Gasteiger partial charge >= 0.3 is 0 Å². The molecule has 0 aliphatic heterocycles. The Morgan fingerprint density at radius 1 is 1.33 bits per heavy atom. The quantitative estimate of drug-likeness (QED) is 0.805. The van der Waals surface area contributed by atoms with Gasteiger partial charge in [-0.15, -0.1) is 0 Å². The van der Waals surface area contributed by atoms with Crippen LogP contribution >= 0.6 is 23.4 Å². The molecule has 1 aromatic heterocycles. The summed E-state index contributed by atoms with van der Waals surface area (Å²) in [4.78, 5) is 4.35. The summed E-state index contributed by atoms with van der Waals surface area (Å²) in [6.45, 7) is 2.09. The number of halogens is 1. The topological polar surface area (TPSA) is 48.1 Å². The Hall–Kier alpha value is -1.23. The van der Waals surface area contributed by atoms with Crippen LogP contribution in [0.1, 0.15) is 24.2 Å². The van der Waals surface area contributed by atoms with Crippen molar-refractivity contribution < 1.29 is 4.74 Å². The number of ether oxygens (including phenoxy) is 1. The summed E-state index contributed by atoms with van der Waals surface area (Å²) in [5, 5.41) is 1.67. The van der Waals surface area contributed by atoms with Crippen molar-refractivity contribution in [1.82, 2.24) is 4.98 Å². The molecule has 0 saturated carbocycles. The molecular weight excluding hydrogens is 304 g/mol. The van der Waals surface area contributed by atoms with Gasteiger partial charge in [-0.3, -0.25) is 0 Å².